The van der Waals surface area contributed by atoms with Gasteiger partial charge in [-0.2, -0.15) is 0 Å². The molecule has 1 unspecified atom stereocenters. The van der Waals surface area contributed by atoms with Crippen LogP contribution < -0.4 is 4.74 Å². The summed E-state index contributed by atoms with van der Waals surface area (Å²) in [5.74, 6) is 0.936. The standard InChI is InChI=1S/C22H34O5/c1-21(2,15-25-14-17-9-8-10-18(13-17)24-5)20(23)22(3,4)16-27-19-11-6-7-12-26-19/h8-10,13,19H,6-7,11-12,14-16H2,1-5H3. The highest BCUT2D eigenvalue weighted by molar-refractivity contribution is 5.89. The Hall–Kier alpha value is -1.43. The molecule has 0 N–H and O–H groups in total. The van der Waals surface area contributed by atoms with Crippen molar-refractivity contribution >= 4 is 5.78 Å². The number of benzene rings is 1. The summed E-state index contributed by atoms with van der Waals surface area (Å²) in [6, 6.07) is 7.76. The first kappa shape index (κ1) is 21.9. The molecule has 1 aromatic carbocycles. The second-order valence-electron chi connectivity index (χ2n) is 8.55. The molecule has 1 aliphatic rings. The maximum absolute atomic E-state index is 13.1. The Morgan fingerprint density at radius 2 is 1.89 bits per heavy atom. The van der Waals surface area contributed by atoms with Gasteiger partial charge in [0.15, 0.2) is 6.29 Å². The Labute approximate surface area is 163 Å². The summed E-state index contributed by atoms with van der Waals surface area (Å²) < 4.78 is 22.5. The third-order valence-corrected chi connectivity index (χ3v) is 4.86. The fourth-order valence-corrected chi connectivity index (χ4v) is 3.38. The number of Topliss-reactive ketones (excluding diaryl/α,β-unsaturated/α-hetero) is 1. The molecule has 5 heteroatoms. The molecule has 0 bridgehead atoms. The number of hydrogen-bond donors (Lipinski definition) is 0. The molecular formula is C22H34O5. The molecule has 27 heavy (non-hydrogen) atoms. The fraction of sp³-hybridized carbons (Fsp3) is 0.682. The number of methoxy groups -OCH3 is 1. The lowest BCUT2D eigenvalue weighted by Crippen LogP contribution is -2.43. The lowest BCUT2D eigenvalue weighted by molar-refractivity contribution is -0.181. The third-order valence-electron chi connectivity index (χ3n) is 4.86. The molecule has 152 valence electrons. The van der Waals surface area contributed by atoms with Gasteiger partial charge in [-0.1, -0.05) is 39.8 Å². The molecule has 5 nitrogen and oxygen atoms in total. The molecule has 1 heterocycles. The molecule has 1 atom stereocenters. The average Bonchev–Trinajstić information content (AvgIpc) is 2.66. The van der Waals surface area contributed by atoms with E-state index in [2.05, 4.69) is 0 Å². The molecule has 0 radical (unpaired) electrons. The normalized spacial score (nSPS) is 18.3. The minimum Gasteiger partial charge on any atom is -0.497 e. The van der Waals surface area contributed by atoms with E-state index in [-0.39, 0.29) is 12.1 Å². The van der Waals surface area contributed by atoms with Gasteiger partial charge >= 0.3 is 0 Å². The first-order chi connectivity index (χ1) is 12.7. The van der Waals surface area contributed by atoms with Crippen molar-refractivity contribution in [2.45, 2.75) is 59.9 Å². The Balaban J connectivity index is 1.84. The van der Waals surface area contributed by atoms with Crippen LogP contribution in [-0.2, 0) is 25.6 Å². The molecule has 0 aliphatic carbocycles. The number of ether oxygens (including phenoxy) is 4. The summed E-state index contributed by atoms with van der Waals surface area (Å²) in [5.41, 5.74) is -0.169. The molecular weight excluding hydrogens is 344 g/mol. The zero-order chi connectivity index (χ0) is 19.9. The summed E-state index contributed by atoms with van der Waals surface area (Å²) in [6.07, 6.45) is 2.91. The molecule has 0 saturated carbocycles. The average molecular weight is 379 g/mol. The van der Waals surface area contributed by atoms with Crippen LogP contribution in [0.1, 0.15) is 52.5 Å². The summed E-state index contributed by atoms with van der Waals surface area (Å²) in [7, 11) is 1.64. The van der Waals surface area contributed by atoms with Crippen LogP contribution in [0.3, 0.4) is 0 Å². The number of carbonyl (C=O) groups excluding carboxylic acids is 1. The second kappa shape index (κ2) is 9.67. The molecule has 1 aromatic rings. The lowest BCUT2D eigenvalue weighted by atomic mass is 9.74. The van der Waals surface area contributed by atoms with Crippen molar-refractivity contribution < 1.29 is 23.7 Å². The minimum atomic E-state index is -0.598. The Kier molecular flexibility index (Phi) is 7.83. The van der Waals surface area contributed by atoms with E-state index in [4.69, 9.17) is 18.9 Å². The van der Waals surface area contributed by atoms with Gasteiger partial charge in [0, 0.05) is 17.4 Å². The monoisotopic (exact) mass is 378 g/mol. The lowest BCUT2D eigenvalue weighted by Gasteiger charge is -2.34. The Morgan fingerprint density at radius 1 is 1.15 bits per heavy atom. The third kappa shape index (κ3) is 6.59. The van der Waals surface area contributed by atoms with E-state index in [0.717, 1.165) is 37.2 Å². The maximum Gasteiger partial charge on any atom is 0.157 e. The molecule has 2 rings (SSSR count). The van der Waals surface area contributed by atoms with Gasteiger partial charge in [0.2, 0.25) is 0 Å². The van der Waals surface area contributed by atoms with Crippen LogP contribution in [0, 0.1) is 10.8 Å². The van der Waals surface area contributed by atoms with Crippen molar-refractivity contribution in [3.63, 3.8) is 0 Å². The van der Waals surface area contributed by atoms with Gasteiger partial charge in [-0.3, -0.25) is 4.79 Å². The van der Waals surface area contributed by atoms with Crippen LogP contribution in [0.25, 0.3) is 0 Å². The maximum atomic E-state index is 13.1. The van der Waals surface area contributed by atoms with Crippen LogP contribution in [0.2, 0.25) is 0 Å². The van der Waals surface area contributed by atoms with E-state index in [0.29, 0.717) is 19.8 Å². The van der Waals surface area contributed by atoms with Gasteiger partial charge < -0.3 is 18.9 Å². The molecule has 1 fully saturated rings. The van der Waals surface area contributed by atoms with E-state index >= 15 is 0 Å². The van der Waals surface area contributed by atoms with Gasteiger partial charge in [0.25, 0.3) is 0 Å². The largest absolute Gasteiger partial charge is 0.497 e. The van der Waals surface area contributed by atoms with Crippen LogP contribution in [0.15, 0.2) is 24.3 Å². The van der Waals surface area contributed by atoms with E-state index in [1.54, 1.807) is 7.11 Å². The topological polar surface area (TPSA) is 54.0 Å². The quantitative estimate of drug-likeness (QED) is 0.605. The van der Waals surface area contributed by atoms with Crippen molar-refractivity contribution in [3.05, 3.63) is 29.8 Å². The van der Waals surface area contributed by atoms with E-state index in [1.165, 1.54) is 0 Å². The zero-order valence-electron chi connectivity index (χ0n) is 17.4. The molecule has 0 amide bonds. The smallest absolute Gasteiger partial charge is 0.157 e. The number of ketones is 1. The first-order valence-electron chi connectivity index (χ1n) is 9.73. The molecule has 1 saturated heterocycles. The van der Waals surface area contributed by atoms with Crippen LogP contribution >= 0.6 is 0 Å². The van der Waals surface area contributed by atoms with Crippen molar-refractivity contribution in [2.24, 2.45) is 10.8 Å². The molecule has 1 aliphatic heterocycles. The van der Waals surface area contributed by atoms with Crippen LogP contribution in [0.4, 0.5) is 0 Å². The summed E-state index contributed by atoms with van der Waals surface area (Å²) >= 11 is 0. The van der Waals surface area contributed by atoms with Gasteiger partial charge in [-0.15, -0.1) is 0 Å². The van der Waals surface area contributed by atoms with Crippen molar-refractivity contribution in [1.82, 2.24) is 0 Å². The first-order valence-corrected chi connectivity index (χ1v) is 9.73. The van der Waals surface area contributed by atoms with E-state index in [1.807, 2.05) is 52.0 Å². The van der Waals surface area contributed by atoms with Crippen molar-refractivity contribution in [1.29, 1.82) is 0 Å². The summed E-state index contributed by atoms with van der Waals surface area (Å²) in [5, 5.41) is 0. The minimum absolute atomic E-state index is 0.136. The van der Waals surface area contributed by atoms with E-state index < -0.39 is 10.8 Å². The highest BCUT2D eigenvalue weighted by atomic mass is 16.7. The Morgan fingerprint density at radius 3 is 2.56 bits per heavy atom. The highest BCUT2D eigenvalue weighted by Crippen LogP contribution is 2.31. The van der Waals surface area contributed by atoms with Gasteiger partial charge in [-0.05, 0) is 37.0 Å². The van der Waals surface area contributed by atoms with E-state index in [9.17, 15) is 4.79 Å². The van der Waals surface area contributed by atoms with Crippen molar-refractivity contribution in [2.75, 3.05) is 26.9 Å². The highest BCUT2D eigenvalue weighted by Gasteiger charge is 2.40. The summed E-state index contributed by atoms with van der Waals surface area (Å²) in [6.45, 7) is 9.62. The second-order valence-corrected chi connectivity index (χ2v) is 8.55. The van der Waals surface area contributed by atoms with Crippen LogP contribution in [0.5, 0.6) is 5.75 Å². The number of rotatable bonds is 10. The fourth-order valence-electron chi connectivity index (χ4n) is 3.38. The predicted octanol–water partition coefficient (Wildman–Crippen LogP) is 4.38. The number of carbonyl (C=O) groups is 1. The predicted molar refractivity (Wildman–Crippen MR) is 105 cm³/mol. The van der Waals surface area contributed by atoms with Gasteiger partial charge in [0.1, 0.15) is 11.5 Å². The Bertz CT molecular complexity index is 602. The zero-order valence-corrected chi connectivity index (χ0v) is 17.4. The van der Waals surface area contributed by atoms with Crippen LogP contribution in [-0.4, -0.2) is 39.0 Å². The number of hydrogen-bond acceptors (Lipinski definition) is 5. The molecule has 0 spiro atoms. The summed E-state index contributed by atoms with van der Waals surface area (Å²) in [4.78, 5) is 13.1. The van der Waals surface area contributed by atoms with Gasteiger partial charge in [0.05, 0.1) is 26.9 Å². The van der Waals surface area contributed by atoms with Crippen molar-refractivity contribution in [3.8, 4) is 5.75 Å². The molecule has 0 aromatic heterocycles. The van der Waals surface area contributed by atoms with Gasteiger partial charge in [-0.25, -0.2) is 0 Å². The SMILES string of the molecule is COc1cccc(COCC(C)(C)C(=O)C(C)(C)COC2CCCCO2)c1.